The van der Waals surface area contributed by atoms with Gasteiger partial charge in [-0.05, 0) is 38.0 Å². The van der Waals surface area contributed by atoms with Gasteiger partial charge in [-0.2, -0.15) is 0 Å². The molecule has 1 aliphatic rings. The minimum atomic E-state index is -0.492. The average Bonchev–Trinajstić information content (AvgIpc) is 2.57. The minimum absolute atomic E-state index is 0.0539. The van der Waals surface area contributed by atoms with E-state index in [1.165, 1.54) is 0 Å². The molecule has 25 heavy (non-hydrogen) atoms. The maximum Gasteiger partial charge on any atom is 0.248 e. The summed E-state index contributed by atoms with van der Waals surface area (Å²) in [7, 11) is 0. The number of hydrogen-bond acceptors (Lipinski definition) is 4. The Morgan fingerprint density at radius 2 is 2.20 bits per heavy atom. The van der Waals surface area contributed by atoms with Gasteiger partial charge in [0, 0.05) is 36.6 Å². The van der Waals surface area contributed by atoms with Gasteiger partial charge in [0.15, 0.2) is 0 Å². The second-order valence-electron chi connectivity index (χ2n) is 6.45. The maximum absolute atomic E-state index is 12.3. The van der Waals surface area contributed by atoms with Gasteiger partial charge in [0.05, 0.1) is 6.61 Å². The third kappa shape index (κ3) is 5.90. The Bertz CT molecular complexity index is 610. The van der Waals surface area contributed by atoms with Crippen molar-refractivity contribution in [3.8, 4) is 5.75 Å². The Kier molecular flexibility index (Phi) is 7.08. The van der Waals surface area contributed by atoms with Crippen LogP contribution < -0.4 is 10.5 Å². The van der Waals surface area contributed by atoms with Crippen LogP contribution in [0.2, 0.25) is 5.02 Å². The Labute approximate surface area is 153 Å². The number of hydrogen-bond donors (Lipinski definition) is 1. The van der Waals surface area contributed by atoms with E-state index in [1.54, 1.807) is 23.1 Å². The number of amides is 2. The Morgan fingerprint density at radius 1 is 1.40 bits per heavy atom. The van der Waals surface area contributed by atoms with Gasteiger partial charge in [0.25, 0.3) is 0 Å². The van der Waals surface area contributed by atoms with Crippen LogP contribution in [0.4, 0.5) is 0 Å². The van der Waals surface area contributed by atoms with E-state index in [1.807, 2.05) is 13.0 Å². The van der Waals surface area contributed by atoms with E-state index >= 15 is 0 Å². The van der Waals surface area contributed by atoms with Gasteiger partial charge in [-0.3, -0.25) is 9.59 Å². The molecule has 1 saturated heterocycles. The molecule has 1 aromatic rings. The molecule has 0 saturated carbocycles. The largest absolute Gasteiger partial charge is 0.493 e. The molecular weight excluding hydrogens is 344 g/mol. The number of nitrogens with two attached hydrogens (primary N) is 1. The van der Waals surface area contributed by atoms with Crippen molar-refractivity contribution in [1.82, 2.24) is 4.90 Å². The van der Waals surface area contributed by atoms with Crippen LogP contribution in [-0.4, -0.2) is 49.6 Å². The topological polar surface area (TPSA) is 81.9 Å². The molecule has 0 unspecified atom stereocenters. The molecule has 1 heterocycles. The number of benzene rings is 1. The quantitative estimate of drug-likeness (QED) is 0.762. The SMILES string of the molecule is CCOCC(=O)N1CCC[C@](COc2cccc(Cl)c2)(CC(N)=O)C1. The summed E-state index contributed by atoms with van der Waals surface area (Å²) < 4.78 is 11.1. The second kappa shape index (κ2) is 9.06. The molecular formula is C18H25ClN2O4. The zero-order chi connectivity index (χ0) is 18.3. The molecule has 138 valence electrons. The van der Waals surface area contributed by atoms with E-state index in [9.17, 15) is 9.59 Å². The van der Waals surface area contributed by atoms with E-state index < -0.39 is 11.3 Å². The summed E-state index contributed by atoms with van der Waals surface area (Å²) in [6, 6.07) is 7.10. The summed E-state index contributed by atoms with van der Waals surface area (Å²) in [5.41, 5.74) is 4.97. The molecule has 1 aromatic carbocycles. The molecule has 0 radical (unpaired) electrons. The molecule has 0 aromatic heterocycles. The van der Waals surface area contributed by atoms with Gasteiger partial charge in [-0.25, -0.2) is 0 Å². The van der Waals surface area contributed by atoms with Crippen LogP contribution in [0.15, 0.2) is 24.3 Å². The van der Waals surface area contributed by atoms with Gasteiger partial charge in [-0.15, -0.1) is 0 Å². The van der Waals surface area contributed by atoms with E-state index in [2.05, 4.69) is 0 Å². The number of halogens is 1. The van der Waals surface area contributed by atoms with Gasteiger partial charge in [-0.1, -0.05) is 17.7 Å². The predicted molar refractivity (Wildman–Crippen MR) is 95.5 cm³/mol. The smallest absolute Gasteiger partial charge is 0.248 e. The zero-order valence-corrected chi connectivity index (χ0v) is 15.3. The highest BCUT2D eigenvalue weighted by Gasteiger charge is 2.39. The predicted octanol–water partition coefficient (Wildman–Crippen LogP) is 2.24. The lowest BCUT2D eigenvalue weighted by molar-refractivity contribution is -0.141. The maximum atomic E-state index is 12.3. The molecule has 1 aliphatic heterocycles. The average molecular weight is 369 g/mol. The molecule has 1 atom stereocenters. The highest BCUT2D eigenvalue weighted by molar-refractivity contribution is 6.30. The Morgan fingerprint density at radius 3 is 2.88 bits per heavy atom. The van der Waals surface area contributed by atoms with Crippen LogP contribution >= 0.6 is 11.6 Å². The van der Waals surface area contributed by atoms with E-state index in [4.69, 9.17) is 26.8 Å². The fourth-order valence-corrected chi connectivity index (χ4v) is 3.36. The third-order valence-electron chi connectivity index (χ3n) is 4.33. The molecule has 1 fully saturated rings. The number of nitrogens with zero attached hydrogens (tertiary/aromatic N) is 1. The molecule has 2 amide bonds. The fraction of sp³-hybridized carbons (Fsp3) is 0.556. The molecule has 2 N–H and O–H groups in total. The zero-order valence-electron chi connectivity index (χ0n) is 14.5. The minimum Gasteiger partial charge on any atom is -0.493 e. The normalized spacial score (nSPS) is 20.3. The molecule has 6 nitrogen and oxygen atoms in total. The van der Waals surface area contributed by atoms with Gasteiger partial charge < -0.3 is 20.1 Å². The summed E-state index contributed by atoms with van der Waals surface area (Å²) >= 11 is 5.98. The third-order valence-corrected chi connectivity index (χ3v) is 4.57. The van der Waals surface area contributed by atoms with Crippen molar-refractivity contribution in [3.05, 3.63) is 29.3 Å². The van der Waals surface area contributed by atoms with Crippen molar-refractivity contribution >= 4 is 23.4 Å². The lowest BCUT2D eigenvalue weighted by Crippen LogP contribution is -2.51. The van der Waals surface area contributed by atoms with Gasteiger partial charge in [0.2, 0.25) is 11.8 Å². The number of primary amides is 1. The summed E-state index contributed by atoms with van der Waals surface area (Å²) in [4.78, 5) is 25.6. The fourth-order valence-electron chi connectivity index (χ4n) is 3.18. The van der Waals surface area contributed by atoms with E-state index in [-0.39, 0.29) is 18.9 Å². The number of carbonyl (C=O) groups is 2. The molecule has 2 rings (SSSR count). The molecule has 0 aliphatic carbocycles. The lowest BCUT2D eigenvalue weighted by atomic mass is 9.77. The number of ether oxygens (including phenoxy) is 2. The van der Waals surface area contributed by atoms with Crippen molar-refractivity contribution in [2.45, 2.75) is 26.2 Å². The number of likely N-dealkylation sites (tertiary alicyclic amines) is 1. The number of carbonyl (C=O) groups excluding carboxylic acids is 2. The Balaban J connectivity index is 2.07. The van der Waals surface area contributed by atoms with Gasteiger partial charge >= 0.3 is 0 Å². The first-order valence-corrected chi connectivity index (χ1v) is 8.84. The van der Waals surface area contributed by atoms with Crippen molar-refractivity contribution in [1.29, 1.82) is 0 Å². The van der Waals surface area contributed by atoms with Crippen molar-refractivity contribution < 1.29 is 19.1 Å². The lowest BCUT2D eigenvalue weighted by Gasteiger charge is -2.42. The summed E-state index contributed by atoms with van der Waals surface area (Å²) in [6.45, 7) is 3.78. The van der Waals surface area contributed by atoms with Crippen molar-refractivity contribution in [3.63, 3.8) is 0 Å². The van der Waals surface area contributed by atoms with E-state index in [0.717, 1.165) is 12.8 Å². The first-order chi connectivity index (χ1) is 11.9. The number of piperidine rings is 1. The molecule has 7 heteroatoms. The van der Waals surface area contributed by atoms with Crippen LogP contribution in [0, 0.1) is 5.41 Å². The first kappa shape index (κ1) is 19.5. The first-order valence-electron chi connectivity index (χ1n) is 8.46. The van der Waals surface area contributed by atoms with Crippen LogP contribution in [0.3, 0.4) is 0 Å². The monoisotopic (exact) mass is 368 g/mol. The molecule has 0 bridgehead atoms. The second-order valence-corrected chi connectivity index (χ2v) is 6.88. The standard InChI is InChI=1S/C18H25ClN2O4/c1-2-24-11-17(23)21-8-4-7-18(12-21,10-16(20)22)13-25-15-6-3-5-14(19)9-15/h3,5-6,9H,2,4,7-8,10-13H2,1H3,(H2,20,22)/t18-/m0/s1. The van der Waals surface area contributed by atoms with Crippen LogP contribution in [0.1, 0.15) is 26.2 Å². The van der Waals surface area contributed by atoms with Crippen LogP contribution in [0.5, 0.6) is 5.75 Å². The van der Waals surface area contributed by atoms with E-state index in [0.29, 0.717) is 37.1 Å². The van der Waals surface area contributed by atoms with Gasteiger partial charge in [0.1, 0.15) is 12.4 Å². The number of rotatable bonds is 8. The van der Waals surface area contributed by atoms with Crippen LogP contribution in [0.25, 0.3) is 0 Å². The summed E-state index contributed by atoms with van der Waals surface area (Å²) in [5, 5.41) is 0.582. The highest BCUT2D eigenvalue weighted by Crippen LogP contribution is 2.34. The van der Waals surface area contributed by atoms with Crippen molar-refractivity contribution in [2.75, 3.05) is 32.9 Å². The highest BCUT2D eigenvalue weighted by atomic mass is 35.5. The van der Waals surface area contributed by atoms with Crippen molar-refractivity contribution in [2.24, 2.45) is 11.1 Å². The summed E-state index contributed by atoms with van der Waals surface area (Å²) in [5.74, 6) is 0.168. The molecule has 0 spiro atoms. The van der Waals surface area contributed by atoms with Crippen LogP contribution in [-0.2, 0) is 14.3 Å². The Hall–Kier alpha value is -1.79. The summed E-state index contributed by atoms with van der Waals surface area (Å²) in [6.07, 6.45) is 1.74.